The molecular formula is C6H4NO12V. The van der Waals surface area contributed by atoms with Crippen LogP contribution in [-0.2, 0) is 47.3 Å². The zero-order valence-electron chi connectivity index (χ0n) is 9.35. The summed E-state index contributed by atoms with van der Waals surface area (Å²) >= 11 is 0. The number of carbonyl (C=O) groups is 6. The van der Waals surface area contributed by atoms with Gasteiger partial charge in [0.2, 0.25) is 0 Å². The molecule has 4 N–H and O–H groups in total. The minimum atomic E-state index is -2.19. The van der Waals surface area contributed by atoms with Crippen LogP contribution in [0.5, 0.6) is 0 Å². The summed E-state index contributed by atoms with van der Waals surface area (Å²) < 4.78 is 0. The molecule has 20 heavy (non-hydrogen) atoms. The van der Waals surface area contributed by atoms with Crippen molar-refractivity contribution in [1.82, 2.24) is 6.15 Å². The first-order valence-electron chi connectivity index (χ1n) is 3.20. The quantitative estimate of drug-likeness (QED) is 0.404. The molecule has 0 heterocycles. The molecule has 14 heteroatoms. The zero-order chi connectivity index (χ0) is 15.5. The van der Waals surface area contributed by atoms with E-state index in [0.717, 1.165) is 0 Å². The topological polar surface area (TPSA) is 277 Å². The van der Waals surface area contributed by atoms with Crippen LogP contribution < -0.4 is 36.8 Å². The first-order chi connectivity index (χ1) is 7.93. The van der Waals surface area contributed by atoms with E-state index < -0.39 is 35.8 Å². The fraction of sp³-hybridized carbons (Fsp3) is 0. The molecule has 0 unspecified atom stereocenters. The van der Waals surface area contributed by atoms with E-state index in [1.54, 1.807) is 0 Å². The molecule has 0 fully saturated rings. The second-order valence-corrected chi connectivity index (χ2v) is 1.72. The van der Waals surface area contributed by atoms with Crippen molar-refractivity contribution in [2.45, 2.75) is 0 Å². The number of quaternary nitrogens is 1. The molecule has 0 atom stereocenters. The number of carboxylic acids is 6. The molecular weight excluding hydrogens is 329 g/mol. The van der Waals surface area contributed by atoms with Crippen molar-refractivity contribution in [3.63, 3.8) is 0 Å². The molecule has 0 spiro atoms. The maximum atomic E-state index is 8.93. The molecule has 0 saturated heterocycles. The van der Waals surface area contributed by atoms with Gasteiger partial charge in [0.15, 0.2) is 0 Å². The van der Waals surface area contributed by atoms with Crippen LogP contribution in [-0.4, -0.2) is 35.8 Å². The van der Waals surface area contributed by atoms with Crippen LogP contribution in [0.2, 0.25) is 0 Å². The van der Waals surface area contributed by atoms with Gasteiger partial charge >= 0.3 is 18.6 Å². The second kappa shape index (κ2) is 16.4. The summed E-state index contributed by atoms with van der Waals surface area (Å²) in [6.07, 6.45) is 0. The molecule has 0 bridgehead atoms. The van der Waals surface area contributed by atoms with Gasteiger partial charge in [-0.1, -0.05) is 0 Å². The monoisotopic (exact) mass is 333 g/mol. The van der Waals surface area contributed by atoms with Crippen LogP contribution in [0.4, 0.5) is 0 Å². The zero-order valence-corrected chi connectivity index (χ0v) is 10.7. The molecule has 0 aromatic heterocycles. The summed E-state index contributed by atoms with van der Waals surface area (Å²) in [6.45, 7) is 0. The summed E-state index contributed by atoms with van der Waals surface area (Å²) in [5, 5.41) is 53.6. The first-order valence-corrected chi connectivity index (χ1v) is 3.20. The Kier molecular flexibility index (Phi) is 24.9. The number of hydrogen-bond acceptors (Lipinski definition) is 12. The third-order valence-electron chi connectivity index (χ3n) is 0.500. The van der Waals surface area contributed by atoms with Gasteiger partial charge in [0.05, 0.1) is 35.8 Å². The third kappa shape index (κ3) is 36.2. The van der Waals surface area contributed by atoms with E-state index in [9.17, 15) is 0 Å². The van der Waals surface area contributed by atoms with Crippen LogP contribution in [0.25, 0.3) is 0 Å². The minimum Gasteiger partial charge on any atom is -0.543 e. The fourth-order valence-corrected chi connectivity index (χ4v) is 0. The molecule has 0 amide bonds. The Morgan fingerprint density at radius 1 is 0.400 bits per heavy atom. The van der Waals surface area contributed by atoms with E-state index in [1.807, 2.05) is 0 Å². The number of aliphatic carboxylic acids is 6. The Labute approximate surface area is 120 Å². The Morgan fingerprint density at radius 2 is 0.450 bits per heavy atom. The molecule has 0 aliphatic carbocycles. The Bertz CT molecular complexity index is 283. The average Bonchev–Trinajstić information content (AvgIpc) is 2.18. The first kappa shape index (κ1) is 30.4. The normalized spacial score (nSPS) is 6.60. The van der Waals surface area contributed by atoms with Gasteiger partial charge in [0, 0.05) is 0 Å². The molecule has 0 saturated carbocycles. The predicted molar refractivity (Wildman–Crippen MR) is 36.0 cm³/mol. The Balaban J connectivity index is -0.0000000536. The van der Waals surface area contributed by atoms with Gasteiger partial charge in [-0.25, -0.2) is 0 Å². The van der Waals surface area contributed by atoms with E-state index in [2.05, 4.69) is 0 Å². The van der Waals surface area contributed by atoms with E-state index >= 15 is 0 Å². The smallest absolute Gasteiger partial charge is 0.543 e. The molecule has 13 nitrogen and oxygen atoms in total. The number of rotatable bonds is 0. The van der Waals surface area contributed by atoms with Crippen molar-refractivity contribution in [2.75, 3.05) is 0 Å². The van der Waals surface area contributed by atoms with Crippen molar-refractivity contribution in [2.24, 2.45) is 0 Å². The largest absolute Gasteiger partial charge is 5.00 e. The van der Waals surface area contributed by atoms with E-state index in [0.29, 0.717) is 0 Å². The van der Waals surface area contributed by atoms with Crippen molar-refractivity contribution >= 4 is 35.8 Å². The third-order valence-corrected chi connectivity index (χ3v) is 0.500. The van der Waals surface area contributed by atoms with Gasteiger partial charge in [-0.3, -0.25) is 0 Å². The number of carboxylic acid groups (broad SMARTS) is 6. The summed E-state index contributed by atoms with van der Waals surface area (Å²) in [5.41, 5.74) is 0. The van der Waals surface area contributed by atoms with Crippen LogP contribution in [0.15, 0.2) is 0 Å². The molecule has 0 rings (SSSR count). The van der Waals surface area contributed by atoms with Crippen molar-refractivity contribution < 1.29 is 78.0 Å². The van der Waals surface area contributed by atoms with E-state index in [4.69, 9.17) is 59.4 Å². The maximum absolute atomic E-state index is 8.93. The Morgan fingerprint density at radius 3 is 0.450 bits per heavy atom. The summed E-state index contributed by atoms with van der Waals surface area (Å²) in [6, 6.07) is 0. The molecule has 0 aliphatic rings. The average molecular weight is 333 g/mol. The van der Waals surface area contributed by atoms with Gasteiger partial charge in [0.25, 0.3) is 0 Å². The molecule has 110 valence electrons. The number of hydrogen-bond donors (Lipinski definition) is 1. The standard InChI is InChI=1S/3C2H2O4.H3N.V/c3*3-1(4)2(5)6;;/h3*(H,3,4)(H,5,6);1H3;/q;;;;+5/p-5. The van der Waals surface area contributed by atoms with Crippen LogP contribution >= 0.6 is 0 Å². The summed E-state index contributed by atoms with van der Waals surface area (Å²) in [4.78, 5) is 53.6. The van der Waals surface area contributed by atoms with Gasteiger partial charge < -0.3 is 65.6 Å². The minimum absolute atomic E-state index is 0. The van der Waals surface area contributed by atoms with Crippen molar-refractivity contribution in [1.29, 1.82) is 0 Å². The summed E-state index contributed by atoms with van der Waals surface area (Å²) in [5.74, 6) is -13.1. The van der Waals surface area contributed by atoms with Crippen molar-refractivity contribution in [3.8, 4) is 0 Å². The van der Waals surface area contributed by atoms with Crippen LogP contribution in [0, 0.1) is 0 Å². The van der Waals surface area contributed by atoms with Gasteiger partial charge in [-0.05, 0) is 0 Å². The molecule has 0 aromatic carbocycles. The maximum Gasteiger partial charge on any atom is 5.00 e. The van der Waals surface area contributed by atoms with Crippen molar-refractivity contribution in [3.05, 3.63) is 0 Å². The molecule has 0 aliphatic heterocycles. The Hall–Kier alpha value is -2.64. The van der Waals surface area contributed by atoms with E-state index in [1.165, 1.54) is 0 Å². The SMILES string of the molecule is O=C([O-])C(=O)[O-].O=C([O-])C(=O)[O-].O=C([O-])C(=O)[O-].[NH4+].[V+5]. The molecule has 0 radical (unpaired) electrons. The van der Waals surface area contributed by atoms with Crippen LogP contribution in [0.3, 0.4) is 0 Å². The fourth-order valence-electron chi connectivity index (χ4n) is 0. The van der Waals surface area contributed by atoms with Gasteiger partial charge in [-0.2, -0.15) is 0 Å². The summed E-state index contributed by atoms with van der Waals surface area (Å²) in [7, 11) is 0. The van der Waals surface area contributed by atoms with Crippen LogP contribution in [0.1, 0.15) is 0 Å². The second-order valence-electron chi connectivity index (χ2n) is 1.72. The number of carbonyl (C=O) groups excluding carboxylic acids is 6. The van der Waals surface area contributed by atoms with E-state index in [-0.39, 0.29) is 24.7 Å². The van der Waals surface area contributed by atoms with Gasteiger partial charge in [0.1, 0.15) is 0 Å². The predicted octanol–water partition coefficient (Wildman–Crippen LogP) is -10.2. The molecule has 0 aromatic rings. The van der Waals surface area contributed by atoms with Gasteiger partial charge in [-0.15, -0.1) is 0 Å².